The molecule has 2 rings (SSSR count). The van der Waals surface area contributed by atoms with E-state index in [1.165, 1.54) is 4.88 Å². The zero-order valence-electron chi connectivity index (χ0n) is 10.2. The number of thiophene rings is 1. The van der Waals surface area contributed by atoms with Crippen molar-refractivity contribution in [3.05, 3.63) is 52.2 Å². The van der Waals surface area contributed by atoms with Crippen molar-refractivity contribution in [1.29, 1.82) is 0 Å². The molecule has 0 spiro atoms. The van der Waals surface area contributed by atoms with E-state index in [2.05, 4.69) is 22.8 Å². The summed E-state index contributed by atoms with van der Waals surface area (Å²) in [6, 6.07) is 11.9. The van der Waals surface area contributed by atoms with Crippen LogP contribution in [0.2, 0.25) is 0 Å². The number of carbonyl (C=O) groups excluding carboxylic acids is 1. The van der Waals surface area contributed by atoms with Gasteiger partial charge in [-0.1, -0.05) is 18.2 Å². The molecule has 2 aromatic rings. The second-order valence-corrected chi connectivity index (χ2v) is 5.77. The molecule has 0 saturated heterocycles. The molecule has 1 aromatic carbocycles. The summed E-state index contributed by atoms with van der Waals surface area (Å²) in [4.78, 5) is 14.3. The van der Waals surface area contributed by atoms with Crippen molar-refractivity contribution in [3.63, 3.8) is 0 Å². The van der Waals surface area contributed by atoms with Crippen LogP contribution in [0.25, 0.3) is 0 Å². The summed E-state index contributed by atoms with van der Waals surface area (Å²) in [6.07, 6.45) is 0. The van der Waals surface area contributed by atoms with E-state index >= 15 is 0 Å². The van der Waals surface area contributed by atoms with Gasteiger partial charge in [-0.25, -0.2) is 0 Å². The van der Waals surface area contributed by atoms with Crippen molar-refractivity contribution in [2.24, 2.45) is 0 Å². The van der Waals surface area contributed by atoms with Crippen LogP contribution in [-0.2, 0) is 5.75 Å². The molecular weight excluding hydrogens is 262 g/mol. The lowest BCUT2D eigenvalue weighted by molar-refractivity contribution is 0.0953. The van der Waals surface area contributed by atoms with Gasteiger partial charge in [0.25, 0.3) is 5.91 Å². The van der Waals surface area contributed by atoms with Gasteiger partial charge in [0.1, 0.15) is 0 Å². The van der Waals surface area contributed by atoms with Gasteiger partial charge >= 0.3 is 0 Å². The van der Waals surface area contributed by atoms with Gasteiger partial charge < -0.3 is 5.32 Å². The van der Waals surface area contributed by atoms with E-state index < -0.39 is 0 Å². The van der Waals surface area contributed by atoms with Crippen LogP contribution in [0.5, 0.6) is 0 Å². The standard InChI is InChI=1S/C14H15NOS2/c1-2-15-14(16)12-7-3-4-8-13(12)18-10-11-6-5-9-17-11/h3-9H,2,10H2,1H3,(H,15,16). The van der Waals surface area contributed by atoms with Gasteiger partial charge in [0.05, 0.1) is 5.56 Å². The fourth-order valence-electron chi connectivity index (χ4n) is 1.58. The molecule has 1 heterocycles. The fraction of sp³-hybridized carbons (Fsp3) is 0.214. The van der Waals surface area contributed by atoms with Gasteiger partial charge in [0.2, 0.25) is 0 Å². The summed E-state index contributed by atoms with van der Waals surface area (Å²) in [5.41, 5.74) is 0.765. The number of rotatable bonds is 5. The summed E-state index contributed by atoms with van der Waals surface area (Å²) in [5.74, 6) is 0.917. The zero-order valence-corrected chi connectivity index (χ0v) is 11.8. The highest BCUT2D eigenvalue weighted by molar-refractivity contribution is 7.98. The maximum Gasteiger partial charge on any atom is 0.252 e. The minimum atomic E-state index is 0.00628. The molecule has 1 amide bonds. The molecule has 0 atom stereocenters. The van der Waals surface area contributed by atoms with Gasteiger partial charge in [-0.15, -0.1) is 23.1 Å². The Bertz CT molecular complexity index is 508. The Morgan fingerprint density at radius 2 is 2.11 bits per heavy atom. The number of hydrogen-bond donors (Lipinski definition) is 1. The maximum atomic E-state index is 11.9. The summed E-state index contributed by atoms with van der Waals surface area (Å²) in [6.45, 7) is 2.59. The van der Waals surface area contributed by atoms with Crippen LogP contribution in [0.1, 0.15) is 22.2 Å². The van der Waals surface area contributed by atoms with Crippen molar-refractivity contribution in [2.45, 2.75) is 17.6 Å². The predicted octanol–water partition coefficient (Wildman–Crippen LogP) is 3.79. The Balaban J connectivity index is 2.09. The van der Waals surface area contributed by atoms with E-state index in [1.807, 2.05) is 31.2 Å². The topological polar surface area (TPSA) is 29.1 Å². The third kappa shape index (κ3) is 3.37. The van der Waals surface area contributed by atoms with Crippen molar-refractivity contribution in [3.8, 4) is 0 Å². The van der Waals surface area contributed by atoms with Gasteiger partial charge in [0.15, 0.2) is 0 Å². The maximum absolute atomic E-state index is 11.9. The van der Waals surface area contributed by atoms with Crippen molar-refractivity contribution in [1.82, 2.24) is 5.32 Å². The minimum absolute atomic E-state index is 0.00628. The monoisotopic (exact) mass is 277 g/mol. The SMILES string of the molecule is CCNC(=O)c1ccccc1SCc1cccs1. The Morgan fingerprint density at radius 1 is 1.28 bits per heavy atom. The van der Waals surface area contributed by atoms with Crippen LogP contribution in [0.3, 0.4) is 0 Å². The first-order valence-corrected chi connectivity index (χ1v) is 7.70. The first-order valence-electron chi connectivity index (χ1n) is 5.83. The van der Waals surface area contributed by atoms with E-state index in [0.717, 1.165) is 16.2 Å². The van der Waals surface area contributed by atoms with Gasteiger partial charge in [-0.2, -0.15) is 0 Å². The smallest absolute Gasteiger partial charge is 0.252 e. The number of hydrogen-bond acceptors (Lipinski definition) is 3. The second kappa shape index (κ2) is 6.61. The molecule has 0 unspecified atom stereocenters. The summed E-state index contributed by atoms with van der Waals surface area (Å²) >= 11 is 3.45. The zero-order chi connectivity index (χ0) is 12.8. The van der Waals surface area contributed by atoms with Crippen LogP contribution in [0, 0.1) is 0 Å². The van der Waals surface area contributed by atoms with Crippen LogP contribution in [0.4, 0.5) is 0 Å². The Kier molecular flexibility index (Phi) is 4.84. The quantitative estimate of drug-likeness (QED) is 0.842. The van der Waals surface area contributed by atoms with Crippen molar-refractivity contribution < 1.29 is 4.79 Å². The molecule has 1 aromatic heterocycles. The normalized spacial score (nSPS) is 10.3. The molecule has 0 radical (unpaired) electrons. The Morgan fingerprint density at radius 3 is 2.83 bits per heavy atom. The molecule has 0 bridgehead atoms. The lowest BCUT2D eigenvalue weighted by Crippen LogP contribution is -2.23. The molecule has 0 fully saturated rings. The lowest BCUT2D eigenvalue weighted by Gasteiger charge is -2.08. The van der Waals surface area contributed by atoms with Crippen LogP contribution >= 0.6 is 23.1 Å². The molecule has 18 heavy (non-hydrogen) atoms. The number of carbonyl (C=O) groups is 1. The Hall–Kier alpha value is -1.26. The molecule has 94 valence electrons. The molecule has 0 aliphatic heterocycles. The second-order valence-electron chi connectivity index (χ2n) is 3.72. The van der Waals surface area contributed by atoms with E-state index in [-0.39, 0.29) is 5.91 Å². The summed E-state index contributed by atoms with van der Waals surface area (Å²) < 4.78 is 0. The molecule has 4 heteroatoms. The lowest BCUT2D eigenvalue weighted by atomic mass is 10.2. The molecule has 0 aliphatic rings. The van der Waals surface area contributed by atoms with Crippen molar-refractivity contribution >= 4 is 29.0 Å². The summed E-state index contributed by atoms with van der Waals surface area (Å²) in [5, 5.41) is 4.92. The molecular formula is C14H15NOS2. The minimum Gasteiger partial charge on any atom is -0.352 e. The van der Waals surface area contributed by atoms with E-state index in [4.69, 9.17) is 0 Å². The molecule has 0 aliphatic carbocycles. The third-order valence-corrected chi connectivity index (χ3v) is 4.60. The van der Waals surface area contributed by atoms with Crippen LogP contribution < -0.4 is 5.32 Å². The number of amides is 1. The average Bonchev–Trinajstić information content (AvgIpc) is 2.90. The highest BCUT2D eigenvalue weighted by Gasteiger charge is 2.10. The number of thioether (sulfide) groups is 1. The highest BCUT2D eigenvalue weighted by Crippen LogP contribution is 2.27. The number of nitrogens with one attached hydrogen (secondary N) is 1. The van der Waals surface area contributed by atoms with Crippen LogP contribution in [0.15, 0.2) is 46.7 Å². The largest absolute Gasteiger partial charge is 0.352 e. The van der Waals surface area contributed by atoms with E-state index in [0.29, 0.717) is 6.54 Å². The first kappa shape index (κ1) is 13.2. The molecule has 1 N–H and O–H groups in total. The Labute approximate surface area is 115 Å². The van der Waals surface area contributed by atoms with Crippen molar-refractivity contribution in [2.75, 3.05) is 6.54 Å². The third-order valence-electron chi connectivity index (χ3n) is 2.42. The summed E-state index contributed by atoms with van der Waals surface area (Å²) in [7, 11) is 0. The molecule has 2 nitrogen and oxygen atoms in total. The predicted molar refractivity (Wildman–Crippen MR) is 78.3 cm³/mol. The average molecular weight is 277 g/mol. The van der Waals surface area contributed by atoms with Gasteiger partial charge in [-0.05, 0) is 30.5 Å². The van der Waals surface area contributed by atoms with Gasteiger partial charge in [0, 0.05) is 22.1 Å². The van der Waals surface area contributed by atoms with E-state index in [9.17, 15) is 4.79 Å². The molecule has 0 saturated carbocycles. The van der Waals surface area contributed by atoms with Crippen LogP contribution in [-0.4, -0.2) is 12.5 Å². The van der Waals surface area contributed by atoms with Gasteiger partial charge in [-0.3, -0.25) is 4.79 Å². The fourth-order valence-corrected chi connectivity index (χ4v) is 3.40. The first-order chi connectivity index (χ1) is 8.81. The number of benzene rings is 1. The van der Waals surface area contributed by atoms with E-state index in [1.54, 1.807) is 23.1 Å². The highest BCUT2D eigenvalue weighted by atomic mass is 32.2.